The molecule has 110 valence electrons. The second-order valence-corrected chi connectivity index (χ2v) is 4.68. The summed E-state index contributed by atoms with van der Waals surface area (Å²) in [5.41, 5.74) is 3.22. The molecule has 0 saturated heterocycles. The van der Waals surface area contributed by atoms with Crippen LogP contribution in [0.2, 0.25) is 0 Å². The fourth-order valence-electron chi connectivity index (χ4n) is 2.11. The highest BCUT2D eigenvalue weighted by atomic mass is 19.3. The van der Waals surface area contributed by atoms with Crippen LogP contribution in [0.3, 0.4) is 0 Å². The molecule has 0 bridgehead atoms. The van der Waals surface area contributed by atoms with Gasteiger partial charge in [0.15, 0.2) is 0 Å². The summed E-state index contributed by atoms with van der Waals surface area (Å²) in [5, 5.41) is 9.10. The summed E-state index contributed by atoms with van der Waals surface area (Å²) >= 11 is 0. The summed E-state index contributed by atoms with van der Waals surface area (Å²) < 4.78 is 29.1. The maximum atomic E-state index is 12.4. The summed E-state index contributed by atoms with van der Waals surface area (Å²) in [6, 6.07) is 9.52. The van der Waals surface area contributed by atoms with Crippen molar-refractivity contribution in [3.05, 3.63) is 53.1 Å². The number of hydrogen-bond acceptors (Lipinski definition) is 2. The van der Waals surface area contributed by atoms with Gasteiger partial charge in [-0.3, -0.25) is 0 Å². The lowest BCUT2D eigenvalue weighted by atomic mass is 9.95. The molecule has 0 fully saturated rings. The molecule has 0 aliphatic carbocycles. The summed E-state index contributed by atoms with van der Waals surface area (Å²) in [5.74, 6) is -1.36. The van der Waals surface area contributed by atoms with Gasteiger partial charge in [0, 0.05) is 0 Å². The van der Waals surface area contributed by atoms with Crippen LogP contribution in [0, 0.1) is 13.8 Å². The maximum Gasteiger partial charge on any atom is 0.387 e. The van der Waals surface area contributed by atoms with Crippen molar-refractivity contribution in [2.24, 2.45) is 0 Å². The van der Waals surface area contributed by atoms with E-state index in [-0.39, 0.29) is 11.3 Å². The van der Waals surface area contributed by atoms with Gasteiger partial charge in [-0.05, 0) is 54.3 Å². The van der Waals surface area contributed by atoms with Gasteiger partial charge in [0.1, 0.15) is 5.75 Å². The van der Waals surface area contributed by atoms with Crippen LogP contribution in [-0.2, 0) is 0 Å². The molecule has 0 aliphatic heterocycles. The van der Waals surface area contributed by atoms with Gasteiger partial charge in [0.2, 0.25) is 0 Å². The first-order chi connectivity index (χ1) is 9.88. The molecule has 0 saturated carbocycles. The largest absolute Gasteiger partial charge is 0.478 e. The van der Waals surface area contributed by atoms with Crippen LogP contribution in [0.15, 0.2) is 36.4 Å². The highest BCUT2D eigenvalue weighted by Crippen LogP contribution is 2.30. The molecule has 0 aliphatic rings. The van der Waals surface area contributed by atoms with Crippen LogP contribution in [0.1, 0.15) is 21.5 Å². The first-order valence-electron chi connectivity index (χ1n) is 6.28. The monoisotopic (exact) mass is 292 g/mol. The van der Waals surface area contributed by atoms with Crippen LogP contribution in [0.4, 0.5) is 8.78 Å². The Hall–Kier alpha value is -2.43. The Labute approximate surface area is 120 Å². The van der Waals surface area contributed by atoms with Crippen molar-refractivity contribution in [1.82, 2.24) is 0 Å². The molecule has 2 aromatic carbocycles. The van der Waals surface area contributed by atoms with E-state index < -0.39 is 12.6 Å². The molecule has 0 unspecified atom stereocenters. The molecule has 2 rings (SSSR count). The standard InChI is InChI=1S/C16H14F2O3/c1-9-4-3-5-14(10(9)2)11-6-12(15(19)20)8-13(7-11)21-16(17)18/h3-8,16H,1-2H3,(H,19,20). The van der Waals surface area contributed by atoms with Crippen molar-refractivity contribution < 1.29 is 23.4 Å². The molecular formula is C16H14F2O3. The van der Waals surface area contributed by atoms with Gasteiger partial charge in [-0.15, -0.1) is 0 Å². The summed E-state index contributed by atoms with van der Waals surface area (Å²) in [6.45, 7) is 0.822. The van der Waals surface area contributed by atoms with Gasteiger partial charge in [-0.1, -0.05) is 18.2 Å². The summed E-state index contributed by atoms with van der Waals surface area (Å²) in [6.07, 6.45) is 0. The minimum atomic E-state index is -3.00. The van der Waals surface area contributed by atoms with Crippen LogP contribution in [0.25, 0.3) is 11.1 Å². The lowest BCUT2D eigenvalue weighted by molar-refractivity contribution is -0.0498. The number of ether oxygens (including phenoxy) is 1. The van der Waals surface area contributed by atoms with E-state index in [9.17, 15) is 13.6 Å². The number of carbonyl (C=O) groups is 1. The van der Waals surface area contributed by atoms with Crippen molar-refractivity contribution in [2.75, 3.05) is 0 Å². The molecule has 0 heterocycles. The van der Waals surface area contributed by atoms with E-state index >= 15 is 0 Å². The number of carboxylic acids is 1. The molecule has 3 nitrogen and oxygen atoms in total. The highest BCUT2D eigenvalue weighted by Gasteiger charge is 2.13. The predicted molar refractivity (Wildman–Crippen MR) is 74.9 cm³/mol. The van der Waals surface area contributed by atoms with E-state index in [1.165, 1.54) is 12.1 Å². The first-order valence-corrected chi connectivity index (χ1v) is 6.28. The Bertz CT molecular complexity index is 681. The fourth-order valence-corrected chi connectivity index (χ4v) is 2.11. The van der Waals surface area contributed by atoms with E-state index in [1.807, 2.05) is 32.0 Å². The molecule has 2 aromatic rings. The number of halogens is 2. The normalized spacial score (nSPS) is 10.7. The van der Waals surface area contributed by atoms with Crippen molar-refractivity contribution in [3.8, 4) is 16.9 Å². The molecule has 0 atom stereocenters. The molecule has 21 heavy (non-hydrogen) atoms. The molecule has 5 heteroatoms. The molecule has 0 aromatic heterocycles. The third-order valence-electron chi connectivity index (χ3n) is 3.29. The van der Waals surface area contributed by atoms with E-state index in [0.717, 1.165) is 22.8 Å². The molecule has 0 radical (unpaired) electrons. The van der Waals surface area contributed by atoms with Gasteiger partial charge >= 0.3 is 12.6 Å². The Kier molecular flexibility index (Phi) is 4.21. The van der Waals surface area contributed by atoms with Crippen LogP contribution < -0.4 is 4.74 Å². The lowest BCUT2D eigenvalue weighted by Gasteiger charge is -2.12. The van der Waals surface area contributed by atoms with Crippen LogP contribution in [-0.4, -0.2) is 17.7 Å². The Morgan fingerprint density at radius 1 is 1.19 bits per heavy atom. The van der Waals surface area contributed by atoms with Gasteiger partial charge in [0.25, 0.3) is 0 Å². The van der Waals surface area contributed by atoms with Crippen LogP contribution in [0.5, 0.6) is 5.75 Å². The minimum absolute atomic E-state index is 0.0935. The highest BCUT2D eigenvalue weighted by molar-refractivity contribution is 5.90. The van der Waals surface area contributed by atoms with Gasteiger partial charge in [-0.2, -0.15) is 8.78 Å². The zero-order valence-corrected chi connectivity index (χ0v) is 11.6. The molecule has 0 spiro atoms. The summed E-state index contributed by atoms with van der Waals surface area (Å²) in [4.78, 5) is 11.1. The van der Waals surface area contributed by atoms with Crippen LogP contribution >= 0.6 is 0 Å². The number of rotatable bonds is 4. The molecular weight excluding hydrogens is 278 g/mol. The van der Waals surface area contributed by atoms with Crippen molar-refractivity contribution in [2.45, 2.75) is 20.5 Å². The summed E-state index contributed by atoms with van der Waals surface area (Å²) in [7, 11) is 0. The van der Waals surface area contributed by atoms with Crippen molar-refractivity contribution in [1.29, 1.82) is 0 Å². The van der Waals surface area contributed by atoms with Crippen molar-refractivity contribution in [3.63, 3.8) is 0 Å². The fraction of sp³-hybridized carbons (Fsp3) is 0.188. The van der Waals surface area contributed by atoms with E-state index in [4.69, 9.17) is 5.11 Å². The number of carboxylic acid groups (broad SMARTS) is 1. The lowest BCUT2D eigenvalue weighted by Crippen LogP contribution is -2.04. The van der Waals surface area contributed by atoms with Gasteiger partial charge in [0.05, 0.1) is 5.56 Å². The minimum Gasteiger partial charge on any atom is -0.478 e. The van der Waals surface area contributed by atoms with E-state index in [0.29, 0.717) is 5.56 Å². The Morgan fingerprint density at radius 3 is 2.52 bits per heavy atom. The topological polar surface area (TPSA) is 46.5 Å². The van der Waals surface area contributed by atoms with E-state index in [2.05, 4.69) is 4.74 Å². The number of hydrogen-bond donors (Lipinski definition) is 1. The smallest absolute Gasteiger partial charge is 0.387 e. The zero-order chi connectivity index (χ0) is 15.6. The third-order valence-corrected chi connectivity index (χ3v) is 3.29. The van der Waals surface area contributed by atoms with E-state index in [1.54, 1.807) is 0 Å². The average Bonchev–Trinajstić information content (AvgIpc) is 2.40. The van der Waals surface area contributed by atoms with Gasteiger partial charge < -0.3 is 9.84 Å². The third kappa shape index (κ3) is 3.37. The number of aromatic carboxylic acids is 1. The average molecular weight is 292 g/mol. The number of benzene rings is 2. The zero-order valence-electron chi connectivity index (χ0n) is 11.6. The second kappa shape index (κ2) is 5.91. The first kappa shape index (κ1) is 15.0. The van der Waals surface area contributed by atoms with Gasteiger partial charge in [-0.25, -0.2) is 4.79 Å². The quantitative estimate of drug-likeness (QED) is 0.915. The molecule has 1 N–H and O–H groups in total. The van der Waals surface area contributed by atoms with Crippen molar-refractivity contribution >= 4 is 5.97 Å². The second-order valence-electron chi connectivity index (χ2n) is 4.68. The predicted octanol–water partition coefficient (Wildman–Crippen LogP) is 4.27. The Balaban J connectivity index is 2.59. The SMILES string of the molecule is Cc1cccc(-c2cc(OC(F)F)cc(C(=O)O)c2)c1C. The maximum absolute atomic E-state index is 12.4. The molecule has 0 amide bonds. The number of alkyl halides is 2. The number of aryl methyl sites for hydroxylation is 1. The Morgan fingerprint density at radius 2 is 1.90 bits per heavy atom.